The van der Waals surface area contributed by atoms with Gasteiger partial charge in [0.05, 0.1) is 39.0 Å². The summed E-state index contributed by atoms with van der Waals surface area (Å²) in [6.45, 7) is 0.314. The molecule has 13 heteroatoms. The highest BCUT2D eigenvalue weighted by Gasteiger charge is 2.53. The molecule has 0 bridgehead atoms. The second-order valence-electron chi connectivity index (χ2n) is 12.6. The number of cyclic esters (lactones) is 1. The van der Waals surface area contributed by atoms with E-state index in [4.69, 9.17) is 28.4 Å². The molecule has 1 aromatic heterocycles. The van der Waals surface area contributed by atoms with Crippen molar-refractivity contribution in [3.8, 4) is 34.5 Å². The highest BCUT2D eigenvalue weighted by Crippen LogP contribution is 2.56. The van der Waals surface area contributed by atoms with E-state index in [2.05, 4.69) is 10.3 Å². The Bertz CT molecular complexity index is 2170. The number of carbonyl (C=O) groups is 2. The summed E-state index contributed by atoms with van der Waals surface area (Å²) in [5.41, 5.74) is 4.08. The summed E-state index contributed by atoms with van der Waals surface area (Å²) in [4.78, 5) is 26.2. The van der Waals surface area contributed by atoms with Crippen LogP contribution >= 0.6 is 0 Å². The molecule has 3 heterocycles. The van der Waals surface area contributed by atoms with Gasteiger partial charge < -0.3 is 33.5 Å². The summed E-state index contributed by atoms with van der Waals surface area (Å²) < 4.78 is 49.0. The van der Waals surface area contributed by atoms with Gasteiger partial charge in [-0.3, -0.25) is 9.59 Å². The van der Waals surface area contributed by atoms with Crippen LogP contribution in [0.1, 0.15) is 50.3 Å². The van der Waals surface area contributed by atoms with Crippen LogP contribution in [0.4, 0.5) is 4.39 Å². The van der Waals surface area contributed by atoms with Crippen molar-refractivity contribution in [3.05, 3.63) is 124 Å². The topological polar surface area (TPSA) is 140 Å². The van der Waals surface area contributed by atoms with Gasteiger partial charge in [0.2, 0.25) is 12.5 Å². The van der Waals surface area contributed by atoms with Crippen molar-refractivity contribution in [2.24, 2.45) is 11.8 Å². The Hall–Kier alpha value is -6.37. The predicted molar refractivity (Wildman–Crippen MR) is 182 cm³/mol. The quantitative estimate of drug-likeness (QED) is 0.106. The molecule has 264 valence electrons. The Morgan fingerprint density at radius 3 is 2.35 bits per heavy atom. The van der Waals surface area contributed by atoms with Gasteiger partial charge in [0.1, 0.15) is 23.9 Å². The third-order valence-electron chi connectivity index (χ3n) is 9.67. The molecule has 2 aliphatic heterocycles. The Balaban J connectivity index is 1.06. The second-order valence-corrected chi connectivity index (χ2v) is 12.6. The number of esters is 1. The van der Waals surface area contributed by atoms with Gasteiger partial charge in [-0.15, -0.1) is 5.10 Å². The molecule has 0 unspecified atom stereocenters. The number of benzene rings is 4. The Morgan fingerprint density at radius 1 is 0.962 bits per heavy atom. The first-order valence-electron chi connectivity index (χ1n) is 16.5. The van der Waals surface area contributed by atoms with Crippen LogP contribution in [0.5, 0.6) is 34.5 Å². The fraction of sp³-hybridized carbons (Fsp3) is 0.231. The number of phenolic OH excluding ortho intramolecular Hbond substituents is 1. The molecule has 8 rings (SSSR count). The number of rotatable bonds is 10. The Kier molecular flexibility index (Phi) is 8.45. The van der Waals surface area contributed by atoms with Crippen LogP contribution in [0.25, 0.3) is 6.08 Å². The summed E-state index contributed by atoms with van der Waals surface area (Å²) in [6.07, 6.45) is 4.85. The normalized spacial score (nSPS) is 19.9. The van der Waals surface area contributed by atoms with Crippen LogP contribution < -0.4 is 23.7 Å². The fourth-order valence-electron chi connectivity index (χ4n) is 7.20. The van der Waals surface area contributed by atoms with Gasteiger partial charge in [-0.25, -0.2) is 9.07 Å². The molecule has 3 aliphatic rings. The number of fused-ring (bicyclic) bond motifs is 3. The zero-order valence-electron chi connectivity index (χ0n) is 28.0. The zero-order valence-corrected chi connectivity index (χ0v) is 28.0. The molecule has 1 aliphatic carbocycles. The molecule has 1 saturated heterocycles. The van der Waals surface area contributed by atoms with Crippen LogP contribution in [0.3, 0.4) is 0 Å². The smallest absolute Gasteiger partial charge is 0.310 e. The number of aromatic hydroxyl groups is 1. The molecule has 1 N–H and O–H groups in total. The summed E-state index contributed by atoms with van der Waals surface area (Å²) in [7, 11) is 2.90. The molecule has 0 amide bonds. The average Bonchev–Trinajstić information content (AvgIpc) is 3.92. The van der Waals surface area contributed by atoms with Crippen molar-refractivity contribution in [1.29, 1.82) is 0 Å². The zero-order chi connectivity index (χ0) is 35.9. The lowest BCUT2D eigenvalue weighted by Gasteiger charge is -2.39. The van der Waals surface area contributed by atoms with Crippen LogP contribution in [-0.2, 0) is 16.1 Å². The minimum atomic E-state index is -0.618. The van der Waals surface area contributed by atoms with Crippen molar-refractivity contribution in [1.82, 2.24) is 15.0 Å². The molecule has 12 nitrogen and oxygen atoms in total. The maximum atomic E-state index is 13.5. The number of allylic oxidation sites excluding steroid dienone is 1. The number of nitrogens with zero attached hydrogens (tertiary/aromatic N) is 3. The number of phenols is 1. The van der Waals surface area contributed by atoms with Gasteiger partial charge in [0.15, 0.2) is 28.8 Å². The molecule has 0 saturated carbocycles. The number of ketones is 1. The molecule has 4 aromatic carbocycles. The van der Waals surface area contributed by atoms with Crippen LogP contribution in [0, 0.1) is 17.7 Å². The average molecular weight is 706 g/mol. The molecule has 52 heavy (non-hydrogen) atoms. The number of carbonyl (C=O) groups excluding carboxylic acids is 2. The van der Waals surface area contributed by atoms with Crippen molar-refractivity contribution in [3.63, 3.8) is 0 Å². The minimum absolute atomic E-state index is 0.0654. The van der Waals surface area contributed by atoms with Crippen LogP contribution in [0.2, 0.25) is 0 Å². The molecule has 5 aromatic rings. The maximum Gasteiger partial charge on any atom is 0.310 e. The SMILES string of the molecule is COc1cc([C@@H]2c3cc4c(cc3[C@@H](n3cc(COc5ccc(C(=O)/C=C/c6ccc(F)cc6)cc5)nn3)[C@H]3COC(=O)[C@H]23)OCO4)cc(OC)c1O. The minimum Gasteiger partial charge on any atom is -0.502 e. The van der Waals surface area contributed by atoms with E-state index in [1.165, 1.54) is 32.4 Å². The Labute approximate surface area is 296 Å². The third-order valence-corrected chi connectivity index (χ3v) is 9.67. The first kappa shape index (κ1) is 32.8. The lowest BCUT2D eigenvalue weighted by molar-refractivity contribution is -0.141. The summed E-state index contributed by atoms with van der Waals surface area (Å²) in [5.74, 6) is -0.420. The van der Waals surface area contributed by atoms with E-state index in [1.807, 2.05) is 12.1 Å². The van der Waals surface area contributed by atoms with Crippen molar-refractivity contribution < 1.29 is 47.5 Å². The van der Waals surface area contributed by atoms with Gasteiger partial charge in [-0.2, -0.15) is 0 Å². The lowest BCUT2D eigenvalue weighted by atomic mass is 9.65. The summed E-state index contributed by atoms with van der Waals surface area (Å²) in [6, 6.07) is 19.4. The molecular weight excluding hydrogens is 673 g/mol. The number of hydrogen-bond acceptors (Lipinski definition) is 11. The number of methoxy groups -OCH3 is 2. The van der Waals surface area contributed by atoms with Crippen molar-refractivity contribution in [2.75, 3.05) is 27.6 Å². The van der Waals surface area contributed by atoms with Crippen molar-refractivity contribution >= 4 is 17.8 Å². The van der Waals surface area contributed by atoms with Crippen LogP contribution in [0.15, 0.2) is 85.1 Å². The van der Waals surface area contributed by atoms with E-state index in [9.17, 15) is 19.1 Å². The van der Waals surface area contributed by atoms with Gasteiger partial charge in [-0.1, -0.05) is 23.4 Å². The largest absolute Gasteiger partial charge is 0.502 e. The highest BCUT2D eigenvalue weighted by atomic mass is 19.1. The molecule has 0 radical (unpaired) electrons. The van der Waals surface area contributed by atoms with Gasteiger partial charge in [0, 0.05) is 17.4 Å². The Morgan fingerprint density at radius 2 is 1.65 bits per heavy atom. The van der Waals surface area contributed by atoms with E-state index < -0.39 is 17.9 Å². The number of halogens is 1. The molecule has 1 fully saturated rings. The predicted octanol–water partition coefficient (Wildman–Crippen LogP) is 5.87. The lowest BCUT2D eigenvalue weighted by Crippen LogP contribution is -2.37. The fourth-order valence-corrected chi connectivity index (χ4v) is 7.20. The summed E-state index contributed by atoms with van der Waals surface area (Å²) in [5, 5.41) is 19.5. The first-order valence-corrected chi connectivity index (χ1v) is 16.5. The van der Waals surface area contributed by atoms with E-state index >= 15 is 0 Å². The van der Waals surface area contributed by atoms with Gasteiger partial charge >= 0.3 is 5.97 Å². The standard InChI is InChI=1S/C39H32FN3O9/c1-47-33-13-23(14-34(48-2)38(33)45)35-27-15-31-32(52-20-51-31)16-28(27)37(29-19-50-39(46)36(29)35)43-17-25(41-42-43)18-49-26-10-6-22(7-11-26)30(44)12-5-21-3-8-24(40)9-4-21/h3-17,29,35-37,45H,18-20H2,1-2H3/b12-5+/t29-,35+,36-,37+/m0/s1. The van der Waals surface area contributed by atoms with Crippen LogP contribution in [-0.4, -0.2) is 59.5 Å². The monoisotopic (exact) mass is 705 g/mol. The van der Waals surface area contributed by atoms with E-state index in [0.717, 1.165) is 11.1 Å². The van der Waals surface area contributed by atoms with E-state index in [0.29, 0.717) is 39.6 Å². The highest BCUT2D eigenvalue weighted by molar-refractivity contribution is 6.06. The van der Waals surface area contributed by atoms with E-state index in [-0.39, 0.29) is 60.7 Å². The van der Waals surface area contributed by atoms with Gasteiger partial charge in [0.25, 0.3) is 0 Å². The maximum absolute atomic E-state index is 13.5. The third kappa shape index (κ3) is 5.93. The number of hydrogen-bond donors (Lipinski definition) is 1. The van der Waals surface area contributed by atoms with E-state index in [1.54, 1.807) is 65.5 Å². The molecule has 4 atom stereocenters. The number of ether oxygens (including phenoxy) is 6. The van der Waals surface area contributed by atoms with Crippen molar-refractivity contribution in [2.45, 2.75) is 18.6 Å². The van der Waals surface area contributed by atoms with Gasteiger partial charge in [-0.05, 0) is 89.0 Å². The number of aromatic nitrogens is 3. The second kappa shape index (κ2) is 13.4. The summed E-state index contributed by atoms with van der Waals surface area (Å²) >= 11 is 0. The molecular formula is C39H32FN3O9. The first-order chi connectivity index (χ1) is 25.3. The molecule has 0 spiro atoms.